The van der Waals surface area contributed by atoms with Gasteiger partial charge in [-0.3, -0.25) is 0 Å². The van der Waals surface area contributed by atoms with Crippen molar-refractivity contribution in [1.29, 1.82) is 0 Å². The number of hydrogen-bond donors (Lipinski definition) is 1. The third-order valence-electron chi connectivity index (χ3n) is 3.60. The molecule has 1 aromatic rings. The topological polar surface area (TPSA) is 21.3 Å². The van der Waals surface area contributed by atoms with Crippen LogP contribution in [0.5, 0.6) is 0 Å². The molecule has 1 aromatic carbocycles. The average molecular weight is 299 g/mol. The molecule has 2 atom stereocenters. The molecule has 0 spiro atoms. The van der Waals surface area contributed by atoms with Gasteiger partial charge in [-0.05, 0) is 38.3 Å². The third-order valence-corrected chi connectivity index (χ3v) is 3.60. The highest BCUT2D eigenvalue weighted by Crippen LogP contribution is 2.29. The lowest BCUT2D eigenvalue weighted by Gasteiger charge is -2.31. The van der Waals surface area contributed by atoms with Gasteiger partial charge in [0, 0.05) is 12.2 Å². The van der Waals surface area contributed by atoms with Crippen LogP contribution in [0.15, 0.2) is 12.1 Å². The monoisotopic (exact) mass is 299 g/mol. The van der Waals surface area contributed by atoms with Crippen molar-refractivity contribution in [3.8, 4) is 0 Å². The second kappa shape index (κ2) is 8.44. The molecule has 0 aliphatic rings. The first kappa shape index (κ1) is 18.1. The summed E-state index contributed by atoms with van der Waals surface area (Å²) < 4.78 is 34.0. The molecule has 2 nitrogen and oxygen atoms in total. The third kappa shape index (κ3) is 4.48. The number of benzene rings is 1. The van der Waals surface area contributed by atoms with Crippen LogP contribution in [0.4, 0.5) is 8.78 Å². The Morgan fingerprint density at radius 1 is 1.14 bits per heavy atom. The van der Waals surface area contributed by atoms with Gasteiger partial charge in [0.25, 0.3) is 0 Å². The van der Waals surface area contributed by atoms with Crippen molar-refractivity contribution in [1.82, 2.24) is 5.32 Å². The highest BCUT2D eigenvalue weighted by molar-refractivity contribution is 5.28. The Bertz CT molecular complexity index is 449. The minimum atomic E-state index is -0.769. The molecule has 120 valence electrons. The van der Waals surface area contributed by atoms with Gasteiger partial charge in [-0.15, -0.1) is 0 Å². The van der Waals surface area contributed by atoms with E-state index in [4.69, 9.17) is 4.74 Å². The molecule has 0 aromatic heterocycles. The number of ether oxygens (including phenoxy) is 1. The molecule has 0 saturated heterocycles. The smallest absolute Gasteiger partial charge is 0.163 e. The number of nitrogens with one attached hydrogen (secondary N) is 1. The first-order valence-electron chi connectivity index (χ1n) is 7.73. The maximum atomic E-state index is 14.3. The Morgan fingerprint density at radius 3 is 2.33 bits per heavy atom. The minimum Gasteiger partial charge on any atom is -0.376 e. The maximum Gasteiger partial charge on any atom is 0.163 e. The minimum absolute atomic E-state index is 0.196. The van der Waals surface area contributed by atoms with Gasteiger partial charge in [0.15, 0.2) is 11.6 Å². The summed E-state index contributed by atoms with van der Waals surface area (Å²) in [5.74, 6) is -1.34. The van der Waals surface area contributed by atoms with Crippen LogP contribution >= 0.6 is 0 Å². The molecule has 0 aliphatic heterocycles. The fourth-order valence-electron chi connectivity index (χ4n) is 2.47. The first-order chi connectivity index (χ1) is 9.93. The van der Waals surface area contributed by atoms with Gasteiger partial charge < -0.3 is 10.1 Å². The van der Waals surface area contributed by atoms with Gasteiger partial charge in [0.2, 0.25) is 0 Å². The zero-order valence-electron chi connectivity index (χ0n) is 13.7. The molecule has 1 N–H and O–H groups in total. The molecular formula is C17H27F2NO. The van der Waals surface area contributed by atoms with Crippen LogP contribution in [0.25, 0.3) is 0 Å². The van der Waals surface area contributed by atoms with E-state index in [9.17, 15) is 8.78 Å². The molecule has 0 heterocycles. The summed E-state index contributed by atoms with van der Waals surface area (Å²) in [6, 6.07) is 2.94. The zero-order chi connectivity index (χ0) is 16.0. The van der Waals surface area contributed by atoms with E-state index in [1.54, 1.807) is 19.1 Å². The van der Waals surface area contributed by atoms with Crippen molar-refractivity contribution in [3.05, 3.63) is 34.9 Å². The van der Waals surface area contributed by atoms with Crippen LogP contribution in [0.1, 0.15) is 51.3 Å². The zero-order valence-corrected chi connectivity index (χ0v) is 13.7. The van der Waals surface area contributed by atoms with Crippen molar-refractivity contribution >= 4 is 0 Å². The van der Waals surface area contributed by atoms with Crippen LogP contribution in [0, 0.1) is 24.5 Å². The van der Waals surface area contributed by atoms with Crippen LogP contribution in [-0.2, 0) is 4.74 Å². The standard InChI is InChI=1S/C17H27F2NO/c1-6-10-20-16(17(11(3)4)21-7-2)13-9-8-12(5)14(18)15(13)19/h8-9,11,16-17,20H,6-7,10H2,1-5H3. The Morgan fingerprint density at radius 2 is 1.81 bits per heavy atom. The highest BCUT2D eigenvalue weighted by atomic mass is 19.2. The van der Waals surface area contributed by atoms with E-state index < -0.39 is 11.6 Å². The van der Waals surface area contributed by atoms with E-state index in [-0.39, 0.29) is 18.1 Å². The number of hydrogen-bond acceptors (Lipinski definition) is 2. The summed E-state index contributed by atoms with van der Waals surface area (Å²) in [4.78, 5) is 0. The molecule has 21 heavy (non-hydrogen) atoms. The second-order valence-corrected chi connectivity index (χ2v) is 5.70. The van der Waals surface area contributed by atoms with Gasteiger partial charge in [-0.2, -0.15) is 0 Å². The number of rotatable bonds is 8. The molecular weight excluding hydrogens is 272 g/mol. The van der Waals surface area contributed by atoms with Crippen LogP contribution in [-0.4, -0.2) is 19.3 Å². The highest BCUT2D eigenvalue weighted by Gasteiger charge is 2.29. The normalized spacial score (nSPS) is 14.5. The SMILES string of the molecule is CCCNC(c1ccc(C)c(F)c1F)C(OCC)C(C)C. The lowest BCUT2D eigenvalue weighted by Crippen LogP contribution is -2.38. The molecule has 1 rings (SSSR count). The van der Waals surface area contributed by atoms with Crippen LogP contribution in [0.2, 0.25) is 0 Å². The summed E-state index contributed by atoms with van der Waals surface area (Å²) in [6.07, 6.45) is 0.724. The van der Waals surface area contributed by atoms with E-state index in [0.29, 0.717) is 17.7 Å². The van der Waals surface area contributed by atoms with E-state index >= 15 is 0 Å². The Kier molecular flexibility index (Phi) is 7.26. The van der Waals surface area contributed by atoms with E-state index in [1.807, 2.05) is 27.7 Å². The average Bonchev–Trinajstić information content (AvgIpc) is 2.45. The van der Waals surface area contributed by atoms with Gasteiger partial charge in [0.05, 0.1) is 12.1 Å². The van der Waals surface area contributed by atoms with Crippen molar-refractivity contribution in [2.45, 2.75) is 53.2 Å². The van der Waals surface area contributed by atoms with Crippen molar-refractivity contribution in [2.24, 2.45) is 5.92 Å². The summed E-state index contributed by atoms with van der Waals surface area (Å²) in [5, 5.41) is 3.31. The van der Waals surface area contributed by atoms with Gasteiger partial charge in [0.1, 0.15) is 0 Å². The summed E-state index contributed by atoms with van der Waals surface area (Å²) in [6.45, 7) is 10.9. The lowest BCUT2D eigenvalue weighted by atomic mass is 9.92. The van der Waals surface area contributed by atoms with Gasteiger partial charge in [-0.1, -0.05) is 32.9 Å². The van der Waals surface area contributed by atoms with Crippen molar-refractivity contribution in [3.63, 3.8) is 0 Å². The van der Waals surface area contributed by atoms with E-state index in [1.165, 1.54) is 0 Å². The van der Waals surface area contributed by atoms with Crippen LogP contribution in [0.3, 0.4) is 0 Å². The molecule has 0 bridgehead atoms. The van der Waals surface area contributed by atoms with Gasteiger partial charge in [-0.25, -0.2) is 8.78 Å². The molecule has 2 unspecified atom stereocenters. The molecule has 4 heteroatoms. The van der Waals surface area contributed by atoms with Crippen molar-refractivity contribution < 1.29 is 13.5 Å². The summed E-state index contributed by atoms with van der Waals surface area (Å²) >= 11 is 0. The Balaban J connectivity index is 3.20. The van der Waals surface area contributed by atoms with Crippen molar-refractivity contribution in [2.75, 3.05) is 13.2 Å². The number of halogens is 2. The van der Waals surface area contributed by atoms with Crippen LogP contribution < -0.4 is 5.32 Å². The molecule has 0 radical (unpaired) electrons. The second-order valence-electron chi connectivity index (χ2n) is 5.70. The van der Waals surface area contributed by atoms with E-state index in [2.05, 4.69) is 5.32 Å². The fraction of sp³-hybridized carbons (Fsp3) is 0.647. The predicted octanol–water partition coefficient (Wildman–Crippen LogP) is 4.38. The molecule has 0 aliphatic carbocycles. The molecule has 0 saturated carbocycles. The molecule has 0 amide bonds. The summed E-state index contributed by atoms with van der Waals surface area (Å²) in [7, 11) is 0. The predicted molar refractivity (Wildman–Crippen MR) is 82.4 cm³/mol. The first-order valence-corrected chi connectivity index (χ1v) is 7.73. The maximum absolute atomic E-state index is 14.3. The van der Waals surface area contributed by atoms with Gasteiger partial charge >= 0.3 is 0 Å². The lowest BCUT2D eigenvalue weighted by molar-refractivity contribution is 0.00189. The molecule has 0 fully saturated rings. The quantitative estimate of drug-likeness (QED) is 0.769. The van der Waals surface area contributed by atoms with E-state index in [0.717, 1.165) is 13.0 Å². The Labute approximate surface area is 126 Å². The summed E-state index contributed by atoms with van der Waals surface area (Å²) in [5.41, 5.74) is 0.668. The Hall–Kier alpha value is -1.00. The largest absolute Gasteiger partial charge is 0.376 e. The fourth-order valence-corrected chi connectivity index (χ4v) is 2.47. The number of aryl methyl sites for hydroxylation is 1.